The molecule has 0 bridgehead atoms. The van der Waals surface area contributed by atoms with Crippen LogP contribution in [0.2, 0.25) is 0 Å². The summed E-state index contributed by atoms with van der Waals surface area (Å²) in [5.74, 6) is 2.78. The Morgan fingerprint density at radius 2 is 1.80 bits per heavy atom. The number of hydrogen-bond donors (Lipinski definition) is 0. The zero-order chi connectivity index (χ0) is 14.3. The normalized spacial score (nSPS) is 27.9. The molecule has 20 heavy (non-hydrogen) atoms. The lowest BCUT2D eigenvalue weighted by molar-refractivity contribution is -0.151. The number of para-hydroxylation sites is 1. The van der Waals surface area contributed by atoms with Crippen LogP contribution in [-0.4, -0.2) is 13.2 Å². The molecule has 0 aromatic heterocycles. The highest BCUT2D eigenvalue weighted by molar-refractivity contribution is 5.37. The minimum atomic E-state index is 0.227. The highest BCUT2D eigenvalue weighted by Gasteiger charge is 2.47. The Morgan fingerprint density at radius 3 is 2.50 bits per heavy atom. The van der Waals surface area contributed by atoms with Crippen LogP contribution in [0, 0.1) is 23.2 Å². The van der Waals surface area contributed by atoms with Crippen molar-refractivity contribution in [2.75, 3.05) is 13.2 Å². The molecule has 0 amide bonds. The first-order valence-corrected chi connectivity index (χ1v) is 7.88. The van der Waals surface area contributed by atoms with Crippen molar-refractivity contribution in [2.45, 2.75) is 40.2 Å². The number of benzene rings is 1. The number of ether oxygens (including phenoxy) is 2. The fourth-order valence-electron chi connectivity index (χ4n) is 4.04. The second-order valence-electron chi connectivity index (χ2n) is 7.09. The molecule has 0 radical (unpaired) electrons. The first-order chi connectivity index (χ1) is 9.54. The van der Waals surface area contributed by atoms with E-state index in [9.17, 15) is 0 Å². The van der Waals surface area contributed by atoms with E-state index in [4.69, 9.17) is 9.47 Å². The zero-order valence-corrected chi connectivity index (χ0v) is 13.1. The van der Waals surface area contributed by atoms with Crippen LogP contribution in [0.1, 0.15) is 45.8 Å². The summed E-state index contributed by atoms with van der Waals surface area (Å²) in [6.45, 7) is 11.0. The molecular formula is C18H26O2. The predicted molar refractivity (Wildman–Crippen MR) is 80.8 cm³/mol. The number of hydrogen-bond acceptors (Lipinski definition) is 2. The smallest absolute Gasteiger partial charge is 0.125 e. The highest BCUT2D eigenvalue weighted by atomic mass is 16.5. The summed E-state index contributed by atoms with van der Waals surface area (Å²) in [4.78, 5) is 0. The van der Waals surface area contributed by atoms with E-state index in [1.54, 1.807) is 0 Å². The summed E-state index contributed by atoms with van der Waals surface area (Å²) in [6.07, 6.45) is 1.44. The third kappa shape index (κ3) is 2.05. The van der Waals surface area contributed by atoms with Crippen molar-refractivity contribution in [1.29, 1.82) is 0 Å². The van der Waals surface area contributed by atoms with Crippen LogP contribution in [0.4, 0.5) is 0 Å². The molecule has 3 rings (SSSR count). The van der Waals surface area contributed by atoms with Crippen molar-refractivity contribution in [3.8, 4) is 5.75 Å². The molecule has 2 aliphatic heterocycles. The van der Waals surface area contributed by atoms with Crippen molar-refractivity contribution in [3.05, 3.63) is 29.8 Å². The maximum atomic E-state index is 6.37. The van der Waals surface area contributed by atoms with E-state index in [2.05, 4.69) is 45.9 Å². The van der Waals surface area contributed by atoms with Gasteiger partial charge in [-0.05, 0) is 29.7 Å². The van der Waals surface area contributed by atoms with E-state index in [0.29, 0.717) is 17.8 Å². The summed E-state index contributed by atoms with van der Waals surface area (Å²) < 4.78 is 12.3. The third-order valence-electron chi connectivity index (χ3n) is 5.58. The SMILES string of the molecule is CC(C)C1(C(C)C)CO[C@H]2c3ccccc3OCC2C1. The molecular weight excluding hydrogens is 248 g/mol. The molecule has 1 unspecified atom stereocenters. The van der Waals surface area contributed by atoms with Crippen molar-refractivity contribution >= 4 is 0 Å². The molecule has 1 saturated heterocycles. The van der Waals surface area contributed by atoms with Crippen molar-refractivity contribution in [2.24, 2.45) is 23.2 Å². The molecule has 110 valence electrons. The molecule has 2 heteroatoms. The van der Waals surface area contributed by atoms with Gasteiger partial charge in [-0.3, -0.25) is 0 Å². The fraction of sp³-hybridized carbons (Fsp3) is 0.667. The maximum absolute atomic E-state index is 6.37. The van der Waals surface area contributed by atoms with Gasteiger partial charge in [0.1, 0.15) is 5.75 Å². The van der Waals surface area contributed by atoms with Crippen LogP contribution in [0.15, 0.2) is 24.3 Å². The van der Waals surface area contributed by atoms with E-state index in [-0.39, 0.29) is 11.5 Å². The van der Waals surface area contributed by atoms with Crippen molar-refractivity contribution < 1.29 is 9.47 Å². The van der Waals surface area contributed by atoms with Gasteiger partial charge in [0.25, 0.3) is 0 Å². The van der Waals surface area contributed by atoms with Crippen molar-refractivity contribution in [3.63, 3.8) is 0 Å². The molecule has 1 fully saturated rings. The molecule has 2 heterocycles. The van der Waals surface area contributed by atoms with Gasteiger partial charge >= 0.3 is 0 Å². The summed E-state index contributed by atoms with van der Waals surface area (Å²) in [6, 6.07) is 8.33. The van der Waals surface area contributed by atoms with Gasteiger partial charge in [0, 0.05) is 11.5 Å². The highest BCUT2D eigenvalue weighted by Crippen LogP contribution is 2.52. The van der Waals surface area contributed by atoms with Crippen LogP contribution in [0.3, 0.4) is 0 Å². The topological polar surface area (TPSA) is 18.5 Å². The summed E-state index contributed by atoms with van der Waals surface area (Å²) in [7, 11) is 0. The maximum Gasteiger partial charge on any atom is 0.125 e. The standard InChI is InChI=1S/C18H26O2/c1-12(2)18(13(3)4)9-14-10-19-16-8-6-5-7-15(16)17(14)20-11-18/h5-8,12-14,17H,9-11H2,1-4H3/t14?,17-/m1/s1. The van der Waals surface area contributed by atoms with Crippen LogP contribution < -0.4 is 4.74 Å². The average molecular weight is 274 g/mol. The van der Waals surface area contributed by atoms with Crippen molar-refractivity contribution in [1.82, 2.24) is 0 Å². The second kappa shape index (κ2) is 5.07. The van der Waals surface area contributed by atoms with Gasteiger partial charge in [0.05, 0.1) is 19.3 Å². The zero-order valence-electron chi connectivity index (χ0n) is 13.1. The molecule has 0 aliphatic carbocycles. The Kier molecular flexibility index (Phi) is 3.53. The molecule has 0 N–H and O–H groups in total. The van der Waals surface area contributed by atoms with Crippen LogP contribution in [0.25, 0.3) is 0 Å². The van der Waals surface area contributed by atoms with E-state index in [1.165, 1.54) is 12.0 Å². The van der Waals surface area contributed by atoms with E-state index in [0.717, 1.165) is 19.0 Å². The van der Waals surface area contributed by atoms with E-state index < -0.39 is 0 Å². The lowest BCUT2D eigenvalue weighted by Crippen LogP contribution is -2.47. The Bertz CT molecular complexity index is 470. The molecule has 0 spiro atoms. The molecule has 2 aliphatic rings. The van der Waals surface area contributed by atoms with Gasteiger partial charge in [-0.25, -0.2) is 0 Å². The number of rotatable bonds is 2. The van der Waals surface area contributed by atoms with Crippen LogP contribution >= 0.6 is 0 Å². The summed E-state index contributed by atoms with van der Waals surface area (Å²) in [5, 5.41) is 0. The molecule has 2 nitrogen and oxygen atoms in total. The van der Waals surface area contributed by atoms with Gasteiger partial charge in [0.2, 0.25) is 0 Å². The molecule has 2 atom stereocenters. The Hall–Kier alpha value is -1.02. The molecule has 0 saturated carbocycles. The Morgan fingerprint density at radius 1 is 1.10 bits per heavy atom. The minimum absolute atomic E-state index is 0.227. The summed E-state index contributed by atoms with van der Waals surface area (Å²) in [5.41, 5.74) is 1.53. The first-order valence-electron chi connectivity index (χ1n) is 7.88. The summed E-state index contributed by atoms with van der Waals surface area (Å²) >= 11 is 0. The van der Waals surface area contributed by atoms with Gasteiger partial charge < -0.3 is 9.47 Å². The monoisotopic (exact) mass is 274 g/mol. The fourth-order valence-corrected chi connectivity index (χ4v) is 4.04. The number of fused-ring (bicyclic) bond motifs is 3. The van der Waals surface area contributed by atoms with Crippen LogP contribution in [0.5, 0.6) is 5.75 Å². The molecule has 1 aromatic rings. The lowest BCUT2D eigenvalue weighted by atomic mass is 9.62. The quantitative estimate of drug-likeness (QED) is 0.793. The van der Waals surface area contributed by atoms with Gasteiger partial charge in [0.15, 0.2) is 0 Å². The van der Waals surface area contributed by atoms with Gasteiger partial charge in [-0.2, -0.15) is 0 Å². The van der Waals surface area contributed by atoms with Gasteiger partial charge in [-0.15, -0.1) is 0 Å². The Balaban J connectivity index is 1.88. The lowest BCUT2D eigenvalue weighted by Gasteiger charge is -2.51. The largest absolute Gasteiger partial charge is 0.493 e. The first kappa shape index (κ1) is 13.9. The predicted octanol–water partition coefficient (Wildman–Crippen LogP) is 4.46. The molecule has 1 aromatic carbocycles. The van der Waals surface area contributed by atoms with Gasteiger partial charge in [-0.1, -0.05) is 45.9 Å². The Labute approximate surface area is 122 Å². The third-order valence-corrected chi connectivity index (χ3v) is 5.58. The van der Waals surface area contributed by atoms with E-state index >= 15 is 0 Å². The average Bonchev–Trinajstić information content (AvgIpc) is 2.46. The van der Waals surface area contributed by atoms with E-state index in [1.807, 2.05) is 6.07 Å². The van der Waals surface area contributed by atoms with Crippen LogP contribution in [-0.2, 0) is 4.74 Å². The second-order valence-corrected chi connectivity index (χ2v) is 7.09. The minimum Gasteiger partial charge on any atom is -0.493 e.